The molecule has 3 nitrogen and oxygen atoms in total. The van der Waals surface area contributed by atoms with Crippen LogP contribution in [-0.4, -0.2) is 47.0 Å². The Labute approximate surface area is 136 Å². The van der Waals surface area contributed by atoms with E-state index >= 15 is 0 Å². The molecule has 4 heteroatoms. The molecular formula is C18H23N3S. The van der Waals surface area contributed by atoms with E-state index in [9.17, 15) is 0 Å². The second-order valence-electron chi connectivity index (χ2n) is 6.57. The summed E-state index contributed by atoms with van der Waals surface area (Å²) in [5.41, 5.74) is 2.34. The van der Waals surface area contributed by atoms with E-state index in [1.807, 2.05) is 0 Å². The maximum absolute atomic E-state index is 4.85. The quantitative estimate of drug-likeness (QED) is 0.865. The van der Waals surface area contributed by atoms with Gasteiger partial charge < -0.3 is 0 Å². The molecule has 0 aliphatic carbocycles. The number of rotatable bonds is 3. The van der Waals surface area contributed by atoms with Crippen molar-refractivity contribution in [3.63, 3.8) is 0 Å². The van der Waals surface area contributed by atoms with Gasteiger partial charge in [-0.1, -0.05) is 30.3 Å². The Kier molecular flexibility index (Phi) is 3.99. The summed E-state index contributed by atoms with van der Waals surface area (Å²) >= 11 is 1.80. The molecule has 2 aliphatic rings. The predicted octanol–water partition coefficient (Wildman–Crippen LogP) is 3.48. The monoisotopic (exact) mass is 313 g/mol. The van der Waals surface area contributed by atoms with Crippen LogP contribution in [0.5, 0.6) is 0 Å². The molecule has 2 aromatic rings. The molecule has 2 fully saturated rings. The Bertz CT molecular complexity index is 624. The van der Waals surface area contributed by atoms with Crippen LogP contribution in [0.4, 0.5) is 0 Å². The molecule has 3 heterocycles. The number of fused-ring (bicyclic) bond motifs is 2. The topological polar surface area (TPSA) is 19.4 Å². The van der Waals surface area contributed by atoms with E-state index in [4.69, 9.17) is 4.98 Å². The van der Waals surface area contributed by atoms with E-state index in [-0.39, 0.29) is 0 Å². The van der Waals surface area contributed by atoms with Gasteiger partial charge in [0.25, 0.3) is 0 Å². The van der Waals surface area contributed by atoms with Crippen LogP contribution in [-0.2, 0) is 6.54 Å². The van der Waals surface area contributed by atoms with Gasteiger partial charge in [-0.15, -0.1) is 11.3 Å². The highest BCUT2D eigenvalue weighted by Crippen LogP contribution is 2.29. The van der Waals surface area contributed by atoms with Gasteiger partial charge in [0.05, 0.1) is 12.2 Å². The van der Waals surface area contributed by atoms with Crippen molar-refractivity contribution in [2.75, 3.05) is 20.1 Å². The van der Waals surface area contributed by atoms with E-state index in [2.05, 4.69) is 52.6 Å². The minimum absolute atomic E-state index is 0.751. The summed E-state index contributed by atoms with van der Waals surface area (Å²) in [6.07, 6.45) is 4.07. The molecular weight excluding hydrogens is 290 g/mol. The largest absolute Gasteiger partial charge is 0.299 e. The summed E-state index contributed by atoms with van der Waals surface area (Å²) in [6, 6.07) is 12.1. The summed E-state index contributed by atoms with van der Waals surface area (Å²) < 4.78 is 0. The summed E-state index contributed by atoms with van der Waals surface area (Å²) in [5.74, 6) is 0. The van der Waals surface area contributed by atoms with E-state index in [1.165, 1.54) is 42.9 Å². The van der Waals surface area contributed by atoms with Gasteiger partial charge in [0, 0.05) is 36.1 Å². The van der Waals surface area contributed by atoms with Crippen molar-refractivity contribution >= 4 is 11.3 Å². The molecule has 1 aromatic carbocycles. The summed E-state index contributed by atoms with van der Waals surface area (Å²) in [6.45, 7) is 3.42. The van der Waals surface area contributed by atoms with Crippen molar-refractivity contribution < 1.29 is 0 Å². The fraction of sp³-hybridized carbons (Fsp3) is 0.500. The minimum atomic E-state index is 0.751. The smallest absolute Gasteiger partial charge is 0.107 e. The van der Waals surface area contributed by atoms with Crippen LogP contribution >= 0.6 is 11.3 Å². The van der Waals surface area contributed by atoms with Crippen molar-refractivity contribution in [2.24, 2.45) is 0 Å². The Morgan fingerprint density at radius 3 is 2.82 bits per heavy atom. The zero-order chi connectivity index (χ0) is 14.9. The van der Waals surface area contributed by atoms with E-state index in [1.54, 1.807) is 11.3 Å². The lowest BCUT2D eigenvalue weighted by atomic mass is 10.1. The summed E-state index contributed by atoms with van der Waals surface area (Å²) in [5, 5.41) is 3.44. The van der Waals surface area contributed by atoms with Crippen LogP contribution < -0.4 is 0 Å². The molecule has 2 bridgehead atoms. The van der Waals surface area contributed by atoms with Crippen LogP contribution in [0, 0.1) is 0 Å². The van der Waals surface area contributed by atoms with E-state index in [0.717, 1.165) is 24.3 Å². The van der Waals surface area contributed by atoms with Crippen LogP contribution in [0.15, 0.2) is 35.7 Å². The molecule has 22 heavy (non-hydrogen) atoms. The highest BCUT2D eigenvalue weighted by molar-refractivity contribution is 7.09. The van der Waals surface area contributed by atoms with E-state index in [0.29, 0.717) is 0 Å². The van der Waals surface area contributed by atoms with Crippen molar-refractivity contribution in [1.29, 1.82) is 0 Å². The van der Waals surface area contributed by atoms with Crippen molar-refractivity contribution in [2.45, 2.75) is 37.9 Å². The lowest BCUT2D eigenvalue weighted by Crippen LogP contribution is -2.36. The van der Waals surface area contributed by atoms with Gasteiger partial charge in [-0.25, -0.2) is 4.98 Å². The third-order valence-corrected chi connectivity index (χ3v) is 6.05. The Balaban J connectivity index is 1.45. The van der Waals surface area contributed by atoms with Gasteiger partial charge in [-0.2, -0.15) is 0 Å². The van der Waals surface area contributed by atoms with E-state index < -0.39 is 0 Å². The first-order valence-corrected chi connectivity index (χ1v) is 9.11. The first kappa shape index (κ1) is 14.4. The summed E-state index contributed by atoms with van der Waals surface area (Å²) in [7, 11) is 2.31. The average Bonchev–Trinajstić information content (AvgIpc) is 3.08. The molecule has 0 N–H and O–H groups in total. The molecule has 4 rings (SSSR count). The Morgan fingerprint density at radius 2 is 1.95 bits per heavy atom. The van der Waals surface area contributed by atoms with Gasteiger partial charge in [0.1, 0.15) is 5.01 Å². The Hall–Kier alpha value is -1.23. The zero-order valence-corrected chi connectivity index (χ0v) is 13.9. The van der Waals surface area contributed by atoms with Crippen molar-refractivity contribution in [3.8, 4) is 11.3 Å². The van der Waals surface area contributed by atoms with Gasteiger partial charge in [0.2, 0.25) is 0 Å². The minimum Gasteiger partial charge on any atom is -0.299 e. The van der Waals surface area contributed by atoms with Crippen LogP contribution in [0.1, 0.15) is 24.3 Å². The fourth-order valence-corrected chi connectivity index (χ4v) is 4.68. The first-order chi connectivity index (χ1) is 10.8. The molecule has 2 saturated heterocycles. The van der Waals surface area contributed by atoms with Gasteiger partial charge >= 0.3 is 0 Å². The van der Waals surface area contributed by atoms with Crippen molar-refractivity contribution in [1.82, 2.24) is 14.8 Å². The van der Waals surface area contributed by atoms with Gasteiger partial charge in [0.15, 0.2) is 0 Å². The number of thiazole rings is 1. The average molecular weight is 313 g/mol. The maximum atomic E-state index is 4.85. The molecule has 0 saturated carbocycles. The lowest BCUT2D eigenvalue weighted by molar-refractivity contribution is 0.214. The second kappa shape index (κ2) is 6.11. The number of likely N-dealkylation sites (tertiary alicyclic amines) is 1. The van der Waals surface area contributed by atoms with Crippen LogP contribution in [0.2, 0.25) is 0 Å². The maximum Gasteiger partial charge on any atom is 0.107 e. The molecule has 0 radical (unpaired) electrons. The SMILES string of the molecule is CN1[C@H]2CC[C@H]1CN(Cc1nc(-c3ccccc3)cs1)CC2. The normalized spacial score (nSPS) is 26.2. The zero-order valence-electron chi connectivity index (χ0n) is 13.1. The third-order valence-electron chi connectivity index (χ3n) is 5.21. The van der Waals surface area contributed by atoms with Crippen LogP contribution in [0.3, 0.4) is 0 Å². The highest BCUT2D eigenvalue weighted by atomic mass is 32.1. The predicted molar refractivity (Wildman–Crippen MR) is 92.0 cm³/mol. The molecule has 0 unspecified atom stereocenters. The third kappa shape index (κ3) is 2.83. The molecule has 116 valence electrons. The number of nitrogens with zero attached hydrogens (tertiary/aromatic N) is 3. The number of benzene rings is 1. The lowest BCUT2D eigenvalue weighted by Gasteiger charge is -2.24. The summed E-state index contributed by atoms with van der Waals surface area (Å²) in [4.78, 5) is 10.1. The van der Waals surface area contributed by atoms with Crippen molar-refractivity contribution in [3.05, 3.63) is 40.7 Å². The molecule has 2 aliphatic heterocycles. The first-order valence-electron chi connectivity index (χ1n) is 8.24. The molecule has 0 amide bonds. The number of likely N-dealkylation sites (N-methyl/N-ethyl adjacent to an activating group) is 1. The Morgan fingerprint density at radius 1 is 1.14 bits per heavy atom. The van der Waals surface area contributed by atoms with Crippen LogP contribution in [0.25, 0.3) is 11.3 Å². The second-order valence-corrected chi connectivity index (χ2v) is 7.51. The highest BCUT2D eigenvalue weighted by Gasteiger charge is 2.34. The molecule has 2 atom stereocenters. The standard InChI is InChI=1S/C18H23N3S/c1-20-15-7-8-16(20)11-21(10-9-15)12-18-19-17(13-22-18)14-5-3-2-4-6-14/h2-6,13,15-16H,7-12H2,1H3/t15-,16-/m0/s1. The van der Waals surface area contributed by atoms with Gasteiger partial charge in [-0.05, 0) is 26.3 Å². The molecule has 1 aromatic heterocycles. The number of hydrogen-bond acceptors (Lipinski definition) is 4. The number of aromatic nitrogens is 1. The number of hydrogen-bond donors (Lipinski definition) is 0. The van der Waals surface area contributed by atoms with Gasteiger partial charge in [-0.3, -0.25) is 9.80 Å². The fourth-order valence-electron chi connectivity index (χ4n) is 3.84. The molecule has 0 spiro atoms.